The lowest BCUT2D eigenvalue weighted by atomic mass is 10.1. The number of carbonyl (C=O) groups is 1. The SMILES string of the molecule is CC(C)NS(=O)(=O)c1ccc2c(c1)/C(=N/Nc1cccc(C(=O)NCCN3CCOCC3)c1)CN2. The molecular formula is C24H32N6O4S. The summed E-state index contributed by atoms with van der Waals surface area (Å²) in [5.41, 5.74) is 6.43. The molecule has 188 valence electrons. The molecule has 10 nitrogen and oxygen atoms in total. The zero-order chi connectivity index (χ0) is 24.8. The Morgan fingerprint density at radius 2 is 1.97 bits per heavy atom. The Morgan fingerprint density at radius 1 is 1.17 bits per heavy atom. The van der Waals surface area contributed by atoms with Crippen LogP contribution in [0, 0.1) is 0 Å². The first-order chi connectivity index (χ1) is 16.8. The largest absolute Gasteiger partial charge is 0.379 e. The average molecular weight is 501 g/mol. The number of carbonyl (C=O) groups excluding carboxylic acids is 1. The molecule has 2 heterocycles. The van der Waals surface area contributed by atoms with Crippen LogP contribution in [0.25, 0.3) is 0 Å². The predicted octanol–water partition coefficient (Wildman–Crippen LogP) is 1.68. The maximum absolute atomic E-state index is 12.6. The van der Waals surface area contributed by atoms with E-state index in [0.29, 0.717) is 30.1 Å². The van der Waals surface area contributed by atoms with E-state index in [1.54, 1.807) is 50.2 Å². The van der Waals surface area contributed by atoms with Gasteiger partial charge in [-0.3, -0.25) is 15.1 Å². The molecule has 0 aliphatic carbocycles. The zero-order valence-electron chi connectivity index (χ0n) is 20.0. The van der Waals surface area contributed by atoms with Gasteiger partial charge in [0.05, 0.1) is 36.1 Å². The van der Waals surface area contributed by atoms with Crippen molar-refractivity contribution in [3.8, 4) is 0 Å². The third-order valence-electron chi connectivity index (χ3n) is 5.71. The summed E-state index contributed by atoms with van der Waals surface area (Å²) >= 11 is 0. The fourth-order valence-electron chi connectivity index (χ4n) is 3.95. The fourth-order valence-corrected chi connectivity index (χ4v) is 5.23. The first-order valence-corrected chi connectivity index (χ1v) is 13.2. The van der Waals surface area contributed by atoms with E-state index in [-0.39, 0.29) is 16.8 Å². The summed E-state index contributed by atoms with van der Waals surface area (Å²) in [5, 5.41) is 10.7. The summed E-state index contributed by atoms with van der Waals surface area (Å²) in [6, 6.07) is 11.9. The van der Waals surface area contributed by atoms with Crippen molar-refractivity contribution in [2.24, 2.45) is 5.10 Å². The number of hydrogen-bond donors (Lipinski definition) is 4. The molecule has 11 heteroatoms. The summed E-state index contributed by atoms with van der Waals surface area (Å²) < 4.78 is 33.1. The van der Waals surface area contributed by atoms with Crippen molar-refractivity contribution in [3.05, 3.63) is 53.6 Å². The molecule has 0 aromatic heterocycles. The number of hydrazone groups is 1. The van der Waals surface area contributed by atoms with Gasteiger partial charge in [0.1, 0.15) is 0 Å². The number of amides is 1. The van der Waals surface area contributed by atoms with Gasteiger partial charge in [-0.1, -0.05) is 6.07 Å². The summed E-state index contributed by atoms with van der Waals surface area (Å²) in [5.74, 6) is -0.144. The molecule has 1 saturated heterocycles. The van der Waals surface area contributed by atoms with Crippen molar-refractivity contribution in [2.75, 3.05) is 56.7 Å². The third kappa shape index (κ3) is 6.57. The minimum atomic E-state index is -3.61. The van der Waals surface area contributed by atoms with Gasteiger partial charge in [-0.2, -0.15) is 5.10 Å². The maximum atomic E-state index is 12.6. The lowest BCUT2D eigenvalue weighted by molar-refractivity contribution is 0.0383. The van der Waals surface area contributed by atoms with Crippen molar-refractivity contribution >= 4 is 33.0 Å². The number of nitrogens with zero attached hydrogens (tertiary/aromatic N) is 2. The van der Waals surface area contributed by atoms with Gasteiger partial charge in [0.25, 0.3) is 5.91 Å². The Labute approximate surface area is 206 Å². The number of fused-ring (bicyclic) bond motifs is 1. The molecule has 2 aliphatic heterocycles. The van der Waals surface area contributed by atoms with Gasteiger partial charge >= 0.3 is 0 Å². The first kappa shape index (κ1) is 25.1. The van der Waals surface area contributed by atoms with E-state index in [4.69, 9.17) is 4.74 Å². The molecule has 4 N–H and O–H groups in total. The Kier molecular flexibility index (Phi) is 8.01. The number of nitrogens with one attached hydrogen (secondary N) is 4. The lowest BCUT2D eigenvalue weighted by Crippen LogP contribution is -2.41. The van der Waals surface area contributed by atoms with Gasteiger partial charge in [-0.05, 0) is 50.2 Å². The highest BCUT2D eigenvalue weighted by atomic mass is 32.2. The smallest absolute Gasteiger partial charge is 0.251 e. The minimum absolute atomic E-state index is 0.144. The summed E-state index contributed by atoms with van der Waals surface area (Å²) in [6.07, 6.45) is 0. The maximum Gasteiger partial charge on any atom is 0.251 e. The molecule has 0 atom stereocenters. The van der Waals surface area contributed by atoms with E-state index in [1.165, 1.54) is 0 Å². The van der Waals surface area contributed by atoms with Crippen LogP contribution in [0.5, 0.6) is 0 Å². The molecule has 0 radical (unpaired) electrons. The van der Waals surface area contributed by atoms with E-state index in [0.717, 1.165) is 44.1 Å². The quantitative estimate of drug-likeness (QED) is 0.386. The zero-order valence-corrected chi connectivity index (χ0v) is 20.8. The van der Waals surface area contributed by atoms with Gasteiger partial charge in [-0.15, -0.1) is 0 Å². The number of anilines is 2. The van der Waals surface area contributed by atoms with Crippen LogP contribution in [0.2, 0.25) is 0 Å². The number of morpholine rings is 1. The number of hydrogen-bond acceptors (Lipinski definition) is 8. The van der Waals surface area contributed by atoms with E-state index >= 15 is 0 Å². The standard InChI is InChI=1S/C24H32N6O4S/c1-17(2)29-35(32,33)20-6-7-22-21(15-20)23(16-26-22)28-27-19-5-3-4-18(14-19)24(31)25-8-9-30-10-12-34-13-11-30/h3-7,14-15,17,26-27,29H,8-13,16H2,1-2H3,(H,25,31)/b28-23+. The van der Waals surface area contributed by atoms with Crippen LogP contribution in [0.4, 0.5) is 11.4 Å². The van der Waals surface area contributed by atoms with Gasteiger partial charge < -0.3 is 15.4 Å². The molecule has 4 rings (SSSR count). The van der Waals surface area contributed by atoms with E-state index in [1.807, 2.05) is 6.07 Å². The molecule has 1 fully saturated rings. The van der Waals surface area contributed by atoms with Gasteiger partial charge in [-0.25, -0.2) is 13.1 Å². The Balaban J connectivity index is 1.40. The third-order valence-corrected chi connectivity index (χ3v) is 7.37. The topological polar surface area (TPSA) is 124 Å². The predicted molar refractivity (Wildman–Crippen MR) is 137 cm³/mol. The molecule has 0 bridgehead atoms. The molecule has 0 unspecified atom stereocenters. The van der Waals surface area contributed by atoms with Crippen LogP contribution in [0.1, 0.15) is 29.8 Å². The second kappa shape index (κ2) is 11.2. The summed E-state index contributed by atoms with van der Waals surface area (Å²) in [7, 11) is -3.61. The molecular weight excluding hydrogens is 468 g/mol. The van der Waals surface area contributed by atoms with E-state index in [2.05, 4.69) is 30.8 Å². The fraction of sp³-hybridized carbons (Fsp3) is 0.417. The van der Waals surface area contributed by atoms with Crippen molar-refractivity contribution in [2.45, 2.75) is 24.8 Å². The second-order valence-electron chi connectivity index (χ2n) is 8.80. The van der Waals surface area contributed by atoms with E-state index in [9.17, 15) is 13.2 Å². The normalized spacial score (nSPS) is 17.3. The molecule has 35 heavy (non-hydrogen) atoms. The highest BCUT2D eigenvalue weighted by Crippen LogP contribution is 2.26. The molecule has 2 aromatic rings. The summed E-state index contributed by atoms with van der Waals surface area (Å²) in [6.45, 7) is 8.61. The van der Waals surface area contributed by atoms with Crippen molar-refractivity contribution < 1.29 is 17.9 Å². The van der Waals surface area contributed by atoms with Crippen LogP contribution >= 0.6 is 0 Å². The van der Waals surface area contributed by atoms with Crippen LogP contribution < -0.4 is 20.8 Å². The van der Waals surface area contributed by atoms with Crippen LogP contribution in [0.15, 0.2) is 52.5 Å². The van der Waals surface area contributed by atoms with Crippen LogP contribution in [-0.4, -0.2) is 76.9 Å². The Bertz CT molecular complexity index is 1190. The molecule has 0 spiro atoms. The molecule has 0 saturated carbocycles. The first-order valence-electron chi connectivity index (χ1n) is 11.7. The van der Waals surface area contributed by atoms with Gasteiger partial charge in [0.15, 0.2) is 0 Å². The van der Waals surface area contributed by atoms with Gasteiger partial charge in [0.2, 0.25) is 10.0 Å². The van der Waals surface area contributed by atoms with Crippen molar-refractivity contribution in [3.63, 3.8) is 0 Å². The van der Waals surface area contributed by atoms with Crippen molar-refractivity contribution in [1.29, 1.82) is 0 Å². The average Bonchev–Trinajstić information content (AvgIpc) is 3.25. The molecule has 2 aromatic carbocycles. The lowest BCUT2D eigenvalue weighted by Gasteiger charge is -2.26. The highest BCUT2D eigenvalue weighted by molar-refractivity contribution is 7.89. The summed E-state index contributed by atoms with van der Waals surface area (Å²) in [4.78, 5) is 15.0. The molecule has 1 amide bonds. The number of ether oxygens (including phenoxy) is 1. The monoisotopic (exact) mass is 500 g/mol. The van der Waals surface area contributed by atoms with Crippen molar-refractivity contribution in [1.82, 2.24) is 14.9 Å². The number of sulfonamides is 1. The Hall–Kier alpha value is -2.99. The number of rotatable bonds is 9. The van der Waals surface area contributed by atoms with Crippen LogP contribution in [0.3, 0.4) is 0 Å². The Morgan fingerprint density at radius 3 is 2.74 bits per heavy atom. The second-order valence-corrected chi connectivity index (χ2v) is 10.5. The minimum Gasteiger partial charge on any atom is -0.379 e. The number of benzene rings is 2. The highest BCUT2D eigenvalue weighted by Gasteiger charge is 2.22. The van der Waals surface area contributed by atoms with Crippen LogP contribution in [-0.2, 0) is 14.8 Å². The van der Waals surface area contributed by atoms with E-state index < -0.39 is 10.0 Å². The molecule has 2 aliphatic rings. The van der Waals surface area contributed by atoms with Gasteiger partial charge in [0, 0.05) is 49.0 Å².